The van der Waals surface area contributed by atoms with E-state index in [0.717, 1.165) is 5.56 Å². The third-order valence-electron chi connectivity index (χ3n) is 3.75. The van der Waals surface area contributed by atoms with E-state index in [1.54, 1.807) is 42.7 Å². The fraction of sp³-hybridized carbons (Fsp3) is 0.105. The van der Waals surface area contributed by atoms with E-state index in [4.69, 9.17) is 5.73 Å². The molecule has 9 heteroatoms. The number of carbonyl (C=O) groups excluding carboxylic acids is 2. The summed E-state index contributed by atoms with van der Waals surface area (Å²) < 4.78 is 1.89. The van der Waals surface area contributed by atoms with E-state index >= 15 is 0 Å². The molecule has 0 bridgehead atoms. The summed E-state index contributed by atoms with van der Waals surface area (Å²) in [4.78, 5) is 27.3. The van der Waals surface area contributed by atoms with Crippen LogP contribution in [0.15, 0.2) is 66.6 Å². The van der Waals surface area contributed by atoms with Crippen molar-refractivity contribution >= 4 is 29.3 Å². The van der Waals surface area contributed by atoms with Gasteiger partial charge >= 0.3 is 0 Å². The summed E-state index contributed by atoms with van der Waals surface area (Å²) in [6, 6.07) is 10.1. The zero-order valence-electron chi connectivity index (χ0n) is 14.9. The number of benzene rings is 1. The highest BCUT2D eigenvalue weighted by molar-refractivity contribution is 7.99. The molecule has 0 saturated carbocycles. The van der Waals surface area contributed by atoms with E-state index < -0.39 is 5.91 Å². The molecule has 0 aliphatic rings. The number of thioether (sulfide) groups is 1. The van der Waals surface area contributed by atoms with Crippen molar-refractivity contribution in [3.8, 4) is 11.4 Å². The molecule has 0 radical (unpaired) electrons. The number of pyridine rings is 1. The maximum Gasteiger partial charge on any atom is 0.248 e. The number of rotatable bonds is 8. The monoisotopic (exact) mass is 394 g/mol. The van der Waals surface area contributed by atoms with Gasteiger partial charge in [-0.1, -0.05) is 17.8 Å². The predicted molar refractivity (Wildman–Crippen MR) is 108 cm³/mol. The van der Waals surface area contributed by atoms with Crippen molar-refractivity contribution in [2.75, 3.05) is 11.1 Å². The standard InChI is InChI=1S/C19H18N6O2S/c1-2-11-25-18(14-7-9-21-10-8-14)23-24-19(25)28-12-16(26)22-15-5-3-13(4-6-15)17(20)27/h2-10H,1,11-12H2,(H2,20,27)(H,22,26). The Bertz CT molecular complexity index is 985. The van der Waals surface area contributed by atoms with E-state index in [0.29, 0.717) is 28.8 Å². The number of anilines is 1. The fourth-order valence-corrected chi connectivity index (χ4v) is 3.20. The Labute approximate surface area is 165 Å². The van der Waals surface area contributed by atoms with Crippen LogP contribution in [0.25, 0.3) is 11.4 Å². The van der Waals surface area contributed by atoms with Gasteiger partial charge in [0.1, 0.15) is 0 Å². The largest absolute Gasteiger partial charge is 0.366 e. The highest BCUT2D eigenvalue weighted by Gasteiger charge is 2.15. The molecule has 0 aliphatic heterocycles. The SMILES string of the molecule is C=CCn1c(SCC(=O)Nc2ccc(C(N)=O)cc2)nnc1-c1ccncc1. The van der Waals surface area contributed by atoms with Gasteiger partial charge in [0.25, 0.3) is 0 Å². The van der Waals surface area contributed by atoms with Crippen molar-refractivity contribution in [2.45, 2.75) is 11.7 Å². The van der Waals surface area contributed by atoms with Crippen LogP contribution in [-0.4, -0.2) is 37.3 Å². The number of nitrogens with two attached hydrogens (primary N) is 1. The second kappa shape index (κ2) is 8.96. The lowest BCUT2D eigenvalue weighted by atomic mass is 10.2. The number of nitrogens with one attached hydrogen (secondary N) is 1. The molecule has 28 heavy (non-hydrogen) atoms. The van der Waals surface area contributed by atoms with Crippen LogP contribution >= 0.6 is 11.8 Å². The Hall–Kier alpha value is -3.46. The highest BCUT2D eigenvalue weighted by Crippen LogP contribution is 2.24. The summed E-state index contributed by atoms with van der Waals surface area (Å²) in [5.74, 6) is 0.131. The Kier molecular flexibility index (Phi) is 6.18. The van der Waals surface area contributed by atoms with Crippen molar-refractivity contribution in [2.24, 2.45) is 5.73 Å². The maximum absolute atomic E-state index is 12.2. The number of allylic oxidation sites excluding steroid dienone is 1. The summed E-state index contributed by atoms with van der Waals surface area (Å²) in [5.41, 5.74) is 7.06. The number of nitrogens with zero attached hydrogens (tertiary/aromatic N) is 4. The first-order chi connectivity index (χ1) is 13.6. The molecule has 2 amide bonds. The van der Waals surface area contributed by atoms with Crippen molar-refractivity contribution in [1.29, 1.82) is 0 Å². The van der Waals surface area contributed by atoms with Gasteiger partial charge in [0.2, 0.25) is 11.8 Å². The van der Waals surface area contributed by atoms with Gasteiger partial charge in [-0.15, -0.1) is 16.8 Å². The van der Waals surface area contributed by atoms with E-state index in [-0.39, 0.29) is 11.7 Å². The second-order valence-electron chi connectivity index (χ2n) is 5.72. The van der Waals surface area contributed by atoms with Crippen LogP contribution in [0.3, 0.4) is 0 Å². The summed E-state index contributed by atoms with van der Waals surface area (Å²) in [7, 11) is 0. The van der Waals surface area contributed by atoms with Gasteiger partial charge in [-0.25, -0.2) is 0 Å². The molecular formula is C19H18N6O2S. The summed E-state index contributed by atoms with van der Waals surface area (Å²) >= 11 is 1.28. The minimum atomic E-state index is -0.514. The number of primary amides is 1. The molecule has 3 N–H and O–H groups in total. The van der Waals surface area contributed by atoms with Crippen LogP contribution in [0, 0.1) is 0 Å². The normalized spacial score (nSPS) is 10.4. The lowest BCUT2D eigenvalue weighted by Crippen LogP contribution is -2.15. The zero-order valence-corrected chi connectivity index (χ0v) is 15.7. The number of hydrogen-bond acceptors (Lipinski definition) is 6. The molecule has 8 nitrogen and oxygen atoms in total. The molecule has 0 atom stereocenters. The molecule has 0 fully saturated rings. The van der Waals surface area contributed by atoms with E-state index in [9.17, 15) is 9.59 Å². The smallest absolute Gasteiger partial charge is 0.248 e. The van der Waals surface area contributed by atoms with Crippen molar-refractivity contribution in [3.05, 3.63) is 67.0 Å². The topological polar surface area (TPSA) is 116 Å². The molecule has 3 aromatic rings. The molecular weight excluding hydrogens is 376 g/mol. The number of carbonyl (C=O) groups is 2. The first-order valence-corrected chi connectivity index (χ1v) is 9.34. The summed E-state index contributed by atoms with van der Waals surface area (Å²) in [5, 5.41) is 11.8. The van der Waals surface area contributed by atoms with Crippen molar-refractivity contribution < 1.29 is 9.59 Å². The van der Waals surface area contributed by atoms with Gasteiger partial charge in [0, 0.05) is 35.8 Å². The minimum Gasteiger partial charge on any atom is -0.366 e. The molecule has 0 unspecified atom stereocenters. The first kappa shape index (κ1) is 19.3. The van der Waals surface area contributed by atoms with Crippen molar-refractivity contribution in [3.63, 3.8) is 0 Å². The lowest BCUT2D eigenvalue weighted by Gasteiger charge is -2.08. The molecule has 0 spiro atoms. The van der Waals surface area contributed by atoms with Gasteiger partial charge in [0.05, 0.1) is 5.75 Å². The quantitative estimate of drug-likeness (QED) is 0.448. The predicted octanol–water partition coefficient (Wildman–Crippen LogP) is 2.36. The Morgan fingerprint density at radius 1 is 1.14 bits per heavy atom. The molecule has 3 rings (SSSR count). The average molecular weight is 394 g/mol. The first-order valence-electron chi connectivity index (χ1n) is 8.35. The third-order valence-corrected chi connectivity index (χ3v) is 4.72. The molecule has 0 aliphatic carbocycles. The van der Waals surface area contributed by atoms with Crippen molar-refractivity contribution in [1.82, 2.24) is 19.7 Å². The zero-order chi connectivity index (χ0) is 19.9. The van der Waals surface area contributed by atoms with E-state index in [1.165, 1.54) is 11.8 Å². The molecule has 142 valence electrons. The third kappa shape index (κ3) is 4.63. The average Bonchev–Trinajstić information content (AvgIpc) is 3.10. The van der Waals surface area contributed by atoms with Gasteiger partial charge in [-0.3, -0.25) is 19.1 Å². The molecule has 0 saturated heterocycles. The van der Waals surface area contributed by atoms with Crippen LogP contribution in [0.5, 0.6) is 0 Å². The Morgan fingerprint density at radius 2 is 1.86 bits per heavy atom. The van der Waals surface area contributed by atoms with E-state index in [1.807, 2.05) is 16.7 Å². The number of hydrogen-bond donors (Lipinski definition) is 2. The van der Waals surface area contributed by atoms with Crippen LogP contribution in [0.2, 0.25) is 0 Å². The van der Waals surface area contributed by atoms with Gasteiger partial charge in [0.15, 0.2) is 11.0 Å². The van der Waals surface area contributed by atoms with Gasteiger partial charge < -0.3 is 11.1 Å². The second-order valence-corrected chi connectivity index (χ2v) is 6.66. The van der Waals surface area contributed by atoms with Crippen LogP contribution in [0.4, 0.5) is 5.69 Å². The molecule has 2 heterocycles. The molecule has 2 aromatic heterocycles. The lowest BCUT2D eigenvalue weighted by molar-refractivity contribution is -0.113. The summed E-state index contributed by atoms with van der Waals surface area (Å²) in [6.07, 6.45) is 5.12. The number of amides is 2. The Morgan fingerprint density at radius 3 is 2.50 bits per heavy atom. The fourth-order valence-electron chi connectivity index (χ4n) is 2.45. The highest BCUT2D eigenvalue weighted by atomic mass is 32.2. The maximum atomic E-state index is 12.2. The minimum absolute atomic E-state index is 0.156. The Balaban J connectivity index is 1.66. The van der Waals surface area contributed by atoms with Crippen LogP contribution in [0.1, 0.15) is 10.4 Å². The van der Waals surface area contributed by atoms with Crippen LogP contribution < -0.4 is 11.1 Å². The van der Waals surface area contributed by atoms with Crippen LogP contribution in [-0.2, 0) is 11.3 Å². The van der Waals surface area contributed by atoms with Gasteiger partial charge in [-0.05, 0) is 36.4 Å². The van der Waals surface area contributed by atoms with Gasteiger partial charge in [-0.2, -0.15) is 0 Å². The molecule has 1 aromatic carbocycles. The summed E-state index contributed by atoms with van der Waals surface area (Å²) in [6.45, 7) is 4.29. The number of aromatic nitrogens is 4. The van der Waals surface area contributed by atoms with E-state index in [2.05, 4.69) is 27.1 Å².